The molecule has 0 atom stereocenters. The lowest BCUT2D eigenvalue weighted by Gasteiger charge is -2.10. The number of para-hydroxylation sites is 3. The summed E-state index contributed by atoms with van der Waals surface area (Å²) in [6.07, 6.45) is 9.64. The molecule has 0 fully saturated rings. The molecule has 0 heterocycles. The Morgan fingerprint density at radius 2 is 0.671 bits per heavy atom. The second-order valence-electron chi connectivity index (χ2n) is 16.0. The van der Waals surface area contributed by atoms with Gasteiger partial charge >= 0.3 is 0 Å². The maximum Gasteiger partial charge on any atom is 0.228 e. The van der Waals surface area contributed by atoms with E-state index in [-0.39, 0.29) is 54.3 Å². The van der Waals surface area contributed by atoms with Crippen LogP contribution in [0.25, 0.3) is 6.08 Å². The summed E-state index contributed by atoms with van der Waals surface area (Å²) in [5, 5.41) is 8.68. The Morgan fingerprint density at radius 1 is 0.371 bits per heavy atom. The fraction of sp³-hybridized carbons (Fsp3) is 0.115. The number of anilines is 3. The van der Waals surface area contributed by atoms with E-state index >= 15 is 0 Å². The van der Waals surface area contributed by atoms with Gasteiger partial charge in [0.1, 0.15) is 0 Å². The Hall–Kier alpha value is -8.82. The van der Waals surface area contributed by atoms with Gasteiger partial charge in [0.25, 0.3) is 0 Å². The predicted octanol–water partition coefficient (Wildman–Crippen LogP) is 11.4. The third kappa shape index (κ3) is 19.2. The first-order chi connectivity index (χ1) is 34.1. The molecule has 0 saturated heterocycles. The van der Waals surface area contributed by atoms with Crippen molar-refractivity contribution in [1.82, 2.24) is 0 Å². The van der Waals surface area contributed by atoms with Crippen molar-refractivity contribution in [3.05, 3.63) is 264 Å². The van der Waals surface area contributed by atoms with Crippen LogP contribution in [0.1, 0.15) is 45.9 Å². The highest BCUT2D eigenvalue weighted by Crippen LogP contribution is 2.20. The van der Waals surface area contributed by atoms with Gasteiger partial charge in [0, 0.05) is 36.3 Å². The van der Waals surface area contributed by atoms with E-state index in [1.807, 2.05) is 195 Å². The molecule has 0 aromatic heterocycles. The van der Waals surface area contributed by atoms with Gasteiger partial charge in [0.05, 0.1) is 19.3 Å². The summed E-state index contributed by atoms with van der Waals surface area (Å²) < 4.78 is 0. The van der Waals surface area contributed by atoms with Crippen molar-refractivity contribution in [2.75, 3.05) is 16.0 Å². The number of nitrogens with one attached hydrogen (secondary N) is 3. The van der Waals surface area contributed by atoms with Gasteiger partial charge in [0.15, 0.2) is 17.3 Å². The lowest BCUT2D eigenvalue weighted by molar-refractivity contribution is -0.116. The van der Waals surface area contributed by atoms with Gasteiger partial charge in [-0.15, -0.1) is 0 Å². The Morgan fingerprint density at radius 3 is 1.01 bits per heavy atom. The molecule has 9 nitrogen and oxygen atoms in total. The standard InChI is InChI=1S/C24H21NO2.C19H19NO2.C18H17NO2/c26-22(16-15-19-9-3-1-4-10-19)18-21-13-7-8-14-23(21)25-24(27)17-20-11-5-2-6-12-20;1-2-8-17(21)14-16-11-6-7-12-18(16)20-19(22)13-15-9-4-3-5-10-15;1-2-16(20)13-15-10-6-7-11-17(15)19-18(21)12-14-8-4-3-5-9-14/h1-16H,17-18H2,(H,25,27);2-12H,13-14H2,1H3,(H,20,22);2-11H,1,12-13H2,(H,19,21)/b16-15+;8-2+;. The Kier molecular flexibility index (Phi) is 21.6. The molecular weight excluding hydrogens is 871 g/mol. The highest BCUT2D eigenvalue weighted by Gasteiger charge is 2.12. The minimum atomic E-state index is -0.0975. The zero-order valence-electron chi connectivity index (χ0n) is 39.3. The average molecular weight is 928 g/mol. The maximum atomic E-state index is 12.3. The van der Waals surface area contributed by atoms with Crippen LogP contribution < -0.4 is 16.0 Å². The number of benzene rings is 7. The molecule has 0 unspecified atom stereocenters. The van der Waals surface area contributed by atoms with Gasteiger partial charge in [-0.1, -0.05) is 195 Å². The van der Waals surface area contributed by atoms with Crippen molar-refractivity contribution >= 4 is 58.2 Å². The summed E-state index contributed by atoms with van der Waals surface area (Å²) in [4.78, 5) is 72.1. The molecule has 0 aliphatic carbocycles. The minimum Gasteiger partial charge on any atom is -0.326 e. The molecule has 3 N–H and O–H groups in total. The number of hydrogen-bond donors (Lipinski definition) is 3. The molecule has 70 heavy (non-hydrogen) atoms. The van der Waals surface area contributed by atoms with Crippen LogP contribution in [-0.2, 0) is 67.3 Å². The average Bonchev–Trinajstić information content (AvgIpc) is 3.37. The van der Waals surface area contributed by atoms with E-state index in [2.05, 4.69) is 22.5 Å². The van der Waals surface area contributed by atoms with Crippen LogP contribution >= 0.6 is 0 Å². The smallest absolute Gasteiger partial charge is 0.228 e. The summed E-state index contributed by atoms with van der Waals surface area (Å²) in [5.74, 6) is -0.339. The molecule has 352 valence electrons. The summed E-state index contributed by atoms with van der Waals surface area (Å²) >= 11 is 0. The van der Waals surface area contributed by atoms with E-state index < -0.39 is 0 Å². The van der Waals surface area contributed by atoms with Gasteiger partial charge < -0.3 is 16.0 Å². The van der Waals surface area contributed by atoms with Crippen molar-refractivity contribution in [3.63, 3.8) is 0 Å². The summed E-state index contributed by atoms with van der Waals surface area (Å²) in [6, 6.07) is 60.5. The molecule has 3 amide bonds. The molecule has 7 aromatic rings. The normalized spacial score (nSPS) is 10.4. The van der Waals surface area contributed by atoms with E-state index in [4.69, 9.17) is 0 Å². The molecule has 7 rings (SSSR count). The van der Waals surface area contributed by atoms with Crippen molar-refractivity contribution in [2.45, 2.75) is 45.4 Å². The topological polar surface area (TPSA) is 139 Å². The molecule has 0 saturated carbocycles. The fourth-order valence-corrected chi connectivity index (χ4v) is 7.01. The molecule has 9 heteroatoms. The van der Waals surface area contributed by atoms with Crippen molar-refractivity contribution in [1.29, 1.82) is 0 Å². The largest absolute Gasteiger partial charge is 0.326 e. The van der Waals surface area contributed by atoms with Crippen LogP contribution in [0.4, 0.5) is 17.1 Å². The first kappa shape index (κ1) is 52.2. The molecule has 7 aromatic carbocycles. The van der Waals surface area contributed by atoms with Gasteiger partial charge in [-0.05, 0) is 82.3 Å². The molecular formula is C61H57N3O6. The third-order valence-electron chi connectivity index (χ3n) is 10.4. The lowest BCUT2D eigenvalue weighted by atomic mass is 10.1. The Bertz CT molecular complexity index is 2880. The van der Waals surface area contributed by atoms with E-state index in [0.29, 0.717) is 36.3 Å². The number of carbonyl (C=O) groups is 6. The van der Waals surface area contributed by atoms with E-state index in [1.54, 1.807) is 30.4 Å². The van der Waals surface area contributed by atoms with Crippen molar-refractivity contribution in [2.24, 2.45) is 0 Å². The quantitative estimate of drug-likeness (QED) is 0.0691. The Labute approximate surface area is 410 Å². The fourth-order valence-electron chi connectivity index (χ4n) is 7.01. The molecule has 0 aliphatic heterocycles. The summed E-state index contributed by atoms with van der Waals surface area (Å²) in [7, 11) is 0. The number of hydrogen-bond acceptors (Lipinski definition) is 6. The zero-order valence-corrected chi connectivity index (χ0v) is 39.3. The number of allylic oxidation sites excluding steroid dienone is 4. The van der Waals surface area contributed by atoms with Gasteiger partial charge in [0.2, 0.25) is 17.7 Å². The highest BCUT2D eigenvalue weighted by atomic mass is 16.2. The Balaban J connectivity index is 0.000000198. The minimum absolute atomic E-state index is 0.0105. The van der Waals surface area contributed by atoms with Gasteiger partial charge in [-0.3, -0.25) is 28.8 Å². The monoisotopic (exact) mass is 927 g/mol. The SMILES string of the molecule is C/C=C/C(=O)Cc1ccccc1NC(=O)Cc1ccccc1.C=CC(=O)Cc1ccccc1NC(=O)Cc1ccccc1.O=C(/C=C/c1ccccc1)Cc1ccccc1NC(=O)Cc1ccccc1. The van der Waals surface area contributed by atoms with E-state index in [0.717, 1.165) is 38.9 Å². The van der Waals surface area contributed by atoms with E-state index in [1.165, 1.54) is 6.08 Å². The highest BCUT2D eigenvalue weighted by molar-refractivity contribution is 5.99. The molecule has 0 aliphatic rings. The molecule has 0 spiro atoms. The zero-order chi connectivity index (χ0) is 49.8. The van der Waals surface area contributed by atoms with Crippen LogP contribution in [0.5, 0.6) is 0 Å². The van der Waals surface area contributed by atoms with Crippen LogP contribution in [0.15, 0.2) is 225 Å². The molecule has 0 radical (unpaired) electrons. The maximum absolute atomic E-state index is 12.3. The van der Waals surface area contributed by atoms with Crippen molar-refractivity contribution in [3.8, 4) is 0 Å². The third-order valence-corrected chi connectivity index (χ3v) is 10.4. The van der Waals surface area contributed by atoms with Crippen LogP contribution in [-0.4, -0.2) is 35.1 Å². The lowest BCUT2D eigenvalue weighted by Crippen LogP contribution is -2.16. The van der Waals surface area contributed by atoms with Crippen LogP contribution in [0.3, 0.4) is 0 Å². The number of amides is 3. The van der Waals surface area contributed by atoms with Gasteiger partial charge in [-0.25, -0.2) is 0 Å². The van der Waals surface area contributed by atoms with E-state index in [9.17, 15) is 28.8 Å². The molecule has 0 bridgehead atoms. The van der Waals surface area contributed by atoms with Crippen LogP contribution in [0.2, 0.25) is 0 Å². The predicted molar refractivity (Wildman–Crippen MR) is 282 cm³/mol. The van der Waals surface area contributed by atoms with Crippen LogP contribution in [0, 0.1) is 0 Å². The second-order valence-corrected chi connectivity index (χ2v) is 16.0. The summed E-state index contributed by atoms with van der Waals surface area (Å²) in [5.41, 5.74) is 8.33. The second kappa shape index (κ2) is 29.0. The first-order valence-electron chi connectivity index (χ1n) is 22.9. The number of carbonyl (C=O) groups excluding carboxylic acids is 6. The summed E-state index contributed by atoms with van der Waals surface area (Å²) in [6.45, 7) is 5.28. The first-order valence-corrected chi connectivity index (χ1v) is 22.9. The van der Waals surface area contributed by atoms with Gasteiger partial charge in [-0.2, -0.15) is 0 Å². The van der Waals surface area contributed by atoms with Crippen molar-refractivity contribution < 1.29 is 28.8 Å². The number of ketones is 3. The number of rotatable bonds is 19.